The van der Waals surface area contributed by atoms with Crippen molar-refractivity contribution in [3.8, 4) is 11.1 Å². The van der Waals surface area contributed by atoms with Crippen molar-refractivity contribution in [3.63, 3.8) is 0 Å². The number of hydrogen-bond acceptors (Lipinski definition) is 3. The van der Waals surface area contributed by atoms with Gasteiger partial charge in [0.15, 0.2) is 0 Å². The maximum Gasteiger partial charge on any atom is 0.0555 e. The van der Waals surface area contributed by atoms with Crippen LogP contribution in [-0.4, -0.2) is 0 Å². The lowest BCUT2D eigenvalue weighted by Crippen LogP contribution is -2.16. The van der Waals surface area contributed by atoms with Gasteiger partial charge in [0.2, 0.25) is 0 Å². The van der Waals surface area contributed by atoms with Crippen LogP contribution in [0.1, 0.15) is 25.0 Å². The summed E-state index contributed by atoms with van der Waals surface area (Å²) in [6, 6.07) is 51.8. The van der Waals surface area contributed by atoms with Crippen molar-refractivity contribution >= 4 is 90.9 Å². The molecule has 0 radical (unpaired) electrons. The molecule has 1 aliphatic rings. The lowest BCUT2D eigenvalue weighted by atomic mass is 9.82. The van der Waals surface area contributed by atoms with Gasteiger partial charge in [0, 0.05) is 57.1 Å². The smallest absolute Gasteiger partial charge is 0.0555 e. The van der Waals surface area contributed by atoms with E-state index >= 15 is 0 Å². The SMILES string of the molecule is CC1(C)c2ccccc2-c2ccc(N(c3ccccc3)c3cccc4sc5ccc6c7ccc8ccccc8c7sc6c5c34)cc21. The Morgan fingerprint density at radius 3 is 2.13 bits per heavy atom. The number of fused-ring (bicyclic) bond motifs is 12. The minimum Gasteiger partial charge on any atom is -0.310 e. The Balaban J connectivity index is 1.28. The second-order valence-corrected chi connectivity index (χ2v) is 15.0. The molecule has 2 aromatic heterocycles. The van der Waals surface area contributed by atoms with Crippen molar-refractivity contribution in [1.29, 1.82) is 0 Å². The molecule has 0 fully saturated rings. The standard InChI is InChI=1S/C43H29NS2/c1-43(2)34-16-9-8-15-30(34)31-22-20-28(25-35(31)43)44(27-12-4-3-5-13-27)36-17-10-18-37-39(36)40-38(45-37)24-23-33-32-21-19-26-11-6-7-14-29(26)41(32)46-42(33)40/h3-25H,1-2H3. The maximum atomic E-state index is 2.48. The summed E-state index contributed by atoms with van der Waals surface area (Å²) in [7, 11) is 0. The zero-order chi connectivity index (χ0) is 30.6. The van der Waals surface area contributed by atoms with Crippen LogP contribution in [0.2, 0.25) is 0 Å². The quantitative estimate of drug-likeness (QED) is 0.189. The van der Waals surface area contributed by atoms with Gasteiger partial charge in [-0.2, -0.15) is 0 Å². The minimum atomic E-state index is -0.0720. The van der Waals surface area contributed by atoms with E-state index in [0.29, 0.717) is 0 Å². The summed E-state index contributed by atoms with van der Waals surface area (Å²) in [5.41, 5.74) is 8.98. The number of benzene rings is 7. The van der Waals surface area contributed by atoms with Gasteiger partial charge in [0.1, 0.15) is 0 Å². The number of rotatable bonds is 3. The third-order valence-corrected chi connectivity index (χ3v) is 12.4. The molecule has 0 atom stereocenters. The average Bonchev–Trinajstić information content (AvgIpc) is 3.74. The average molecular weight is 624 g/mol. The van der Waals surface area contributed by atoms with Crippen LogP contribution in [0.4, 0.5) is 17.1 Å². The van der Waals surface area contributed by atoms with Gasteiger partial charge in [-0.05, 0) is 75.5 Å². The number of thiophene rings is 2. The van der Waals surface area contributed by atoms with Gasteiger partial charge in [0.25, 0.3) is 0 Å². The zero-order valence-corrected chi connectivity index (χ0v) is 27.2. The van der Waals surface area contributed by atoms with Gasteiger partial charge < -0.3 is 4.90 Å². The van der Waals surface area contributed by atoms with Crippen LogP contribution in [0.5, 0.6) is 0 Å². The van der Waals surface area contributed by atoms with E-state index in [1.807, 2.05) is 22.7 Å². The van der Waals surface area contributed by atoms with Crippen LogP contribution in [0.25, 0.3) is 62.2 Å². The second-order valence-electron chi connectivity index (χ2n) is 12.9. The fourth-order valence-corrected chi connectivity index (χ4v) is 10.5. The van der Waals surface area contributed by atoms with Crippen molar-refractivity contribution in [1.82, 2.24) is 0 Å². The molecule has 10 rings (SSSR count). The Bertz CT molecular complexity index is 2670. The molecule has 0 spiro atoms. The van der Waals surface area contributed by atoms with Crippen LogP contribution in [0.15, 0.2) is 140 Å². The number of nitrogens with zero attached hydrogens (tertiary/aromatic N) is 1. The summed E-state index contributed by atoms with van der Waals surface area (Å²) in [5, 5.41) is 8.02. The molecule has 0 saturated heterocycles. The molecule has 1 nitrogen and oxygen atoms in total. The topological polar surface area (TPSA) is 3.24 Å². The highest BCUT2D eigenvalue weighted by atomic mass is 32.1. The monoisotopic (exact) mass is 623 g/mol. The first-order valence-electron chi connectivity index (χ1n) is 15.9. The molecule has 0 amide bonds. The molecule has 2 heterocycles. The van der Waals surface area contributed by atoms with Crippen LogP contribution in [0, 0.1) is 0 Å². The highest BCUT2D eigenvalue weighted by molar-refractivity contribution is 7.30. The van der Waals surface area contributed by atoms with E-state index in [2.05, 4.69) is 158 Å². The Labute approximate surface area is 275 Å². The van der Waals surface area contributed by atoms with Crippen molar-refractivity contribution in [2.45, 2.75) is 19.3 Å². The summed E-state index contributed by atoms with van der Waals surface area (Å²) in [5.74, 6) is 0. The van der Waals surface area contributed by atoms with Crippen LogP contribution in [0.3, 0.4) is 0 Å². The molecule has 0 bridgehead atoms. The first-order chi connectivity index (χ1) is 22.6. The van der Waals surface area contributed by atoms with Crippen LogP contribution in [-0.2, 0) is 5.41 Å². The van der Waals surface area contributed by atoms with E-state index in [9.17, 15) is 0 Å². The molecule has 218 valence electrons. The molecule has 7 aromatic carbocycles. The summed E-state index contributed by atoms with van der Waals surface area (Å²) in [4.78, 5) is 2.48. The van der Waals surface area contributed by atoms with E-state index in [0.717, 1.165) is 5.69 Å². The van der Waals surface area contributed by atoms with Crippen LogP contribution >= 0.6 is 22.7 Å². The molecule has 0 N–H and O–H groups in total. The highest BCUT2D eigenvalue weighted by Crippen LogP contribution is 2.53. The molecule has 0 saturated carbocycles. The molecule has 1 aliphatic carbocycles. The predicted octanol–water partition coefficient (Wildman–Crippen LogP) is 13.4. The normalized spacial score (nSPS) is 13.6. The van der Waals surface area contributed by atoms with E-state index < -0.39 is 0 Å². The number of hydrogen-bond donors (Lipinski definition) is 0. The van der Waals surface area contributed by atoms with Gasteiger partial charge in [-0.3, -0.25) is 0 Å². The van der Waals surface area contributed by atoms with E-state index in [-0.39, 0.29) is 5.41 Å². The number of para-hydroxylation sites is 1. The predicted molar refractivity (Wildman–Crippen MR) is 202 cm³/mol. The number of anilines is 3. The highest BCUT2D eigenvalue weighted by Gasteiger charge is 2.36. The Morgan fingerprint density at radius 1 is 0.478 bits per heavy atom. The van der Waals surface area contributed by atoms with Crippen molar-refractivity contribution in [2.24, 2.45) is 0 Å². The summed E-state index contributed by atoms with van der Waals surface area (Å²) in [6.45, 7) is 4.73. The van der Waals surface area contributed by atoms with Crippen molar-refractivity contribution in [2.75, 3.05) is 4.90 Å². The molecule has 0 unspecified atom stereocenters. The largest absolute Gasteiger partial charge is 0.310 e. The first kappa shape index (κ1) is 26.3. The Kier molecular flexibility index (Phi) is 5.44. The first-order valence-corrected chi connectivity index (χ1v) is 17.5. The summed E-state index contributed by atoms with van der Waals surface area (Å²) in [6.07, 6.45) is 0. The van der Waals surface area contributed by atoms with Crippen LogP contribution < -0.4 is 4.90 Å². The minimum absolute atomic E-state index is 0.0720. The van der Waals surface area contributed by atoms with Gasteiger partial charge in [0.05, 0.1) is 5.69 Å². The van der Waals surface area contributed by atoms with Gasteiger partial charge in [-0.25, -0.2) is 0 Å². The lowest BCUT2D eigenvalue weighted by molar-refractivity contribution is 0.660. The molecular formula is C43H29NS2. The third kappa shape index (κ3) is 3.56. The molecule has 3 heteroatoms. The fraction of sp³-hybridized carbons (Fsp3) is 0.0698. The van der Waals surface area contributed by atoms with Gasteiger partial charge in [-0.1, -0.05) is 111 Å². The van der Waals surface area contributed by atoms with Gasteiger partial charge >= 0.3 is 0 Å². The zero-order valence-electron chi connectivity index (χ0n) is 25.5. The van der Waals surface area contributed by atoms with Gasteiger partial charge in [-0.15, -0.1) is 22.7 Å². The molecular weight excluding hydrogens is 595 g/mol. The summed E-state index contributed by atoms with van der Waals surface area (Å²) < 4.78 is 5.40. The molecule has 0 aliphatic heterocycles. The van der Waals surface area contributed by atoms with E-state index in [1.54, 1.807) is 0 Å². The Morgan fingerprint density at radius 2 is 1.22 bits per heavy atom. The molecule has 46 heavy (non-hydrogen) atoms. The van der Waals surface area contributed by atoms with E-state index in [4.69, 9.17) is 0 Å². The maximum absolute atomic E-state index is 2.48. The van der Waals surface area contributed by atoms with E-state index in [1.165, 1.54) is 84.7 Å². The van der Waals surface area contributed by atoms with Crippen molar-refractivity contribution in [3.05, 3.63) is 151 Å². The fourth-order valence-electron chi connectivity index (χ4n) is 7.87. The van der Waals surface area contributed by atoms with Crippen molar-refractivity contribution < 1.29 is 0 Å². The molecule has 9 aromatic rings. The lowest BCUT2D eigenvalue weighted by Gasteiger charge is -2.28. The third-order valence-electron chi connectivity index (χ3n) is 10.0. The summed E-state index contributed by atoms with van der Waals surface area (Å²) >= 11 is 3.85. The Hall–Kier alpha value is -4.96. The second kappa shape index (κ2) is 9.53.